The Morgan fingerprint density at radius 1 is 1.50 bits per heavy atom. The zero-order valence-corrected chi connectivity index (χ0v) is 11.4. The molecule has 3 atom stereocenters. The molecule has 2 aliphatic rings. The van der Waals surface area contributed by atoms with Crippen molar-refractivity contribution in [3.05, 3.63) is 0 Å². The molecule has 0 bridgehead atoms. The van der Waals surface area contributed by atoms with Gasteiger partial charge in [0, 0.05) is 38.3 Å². The van der Waals surface area contributed by atoms with Crippen LogP contribution in [0.1, 0.15) is 26.7 Å². The minimum absolute atomic E-state index is 0.117. The van der Waals surface area contributed by atoms with Gasteiger partial charge < -0.3 is 15.4 Å². The smallest absolute Gasteiger partial charge is 0.234 e. The van der Waals surface area contributed by atoms with E-state index in [0.717, 1.165) is 32.5 Å². The third-order valence-corrected chi connectivity index (χ3v) is 3.79. The first-order valence-electron chi connectivity index (χ1n) is 7.01. The van der Waals surface area contributed by atoms with Gasteiger partial charge in [-0.25, -0.2) is 0 Å². The predicted octanol–water partition coefficient (Wildman–Crippen LogP) is -0.0362. The average molecular weight is 255 g/mol. The van der Waals surface area contributed by atoms with Gasteiger partial charge in [0.15, 0.2) is 0 Å². The topological polar surface area (TPSA) is 53.6 Å². The molecule has 2 heterocycles. The summed E-state index contributed by atoms with van der Waals surface area (Å²) in [6.45, 7) is 8.21. The molecule has 5 heteroatoms. The summed E-state index contributed by atoms with van der Waals surface area (Å²) in [6.07, 6.45) is 2.42. The fourth-order valence-electron chi connectivity index (χ4n) is 2.59. The molecule has 3 unspecified atom stereocenters. The van der Waals surface area contributed by atoms with Gasteiger partial charge in [-0.1, -0.05) is 0 Å². The summed E-state index contributed by atoms with van der Waals surface area (Å²) in [6, 6.07) is 0.891. The van der Waals surface area contributed by atoms with Crippen molar-refractivity contribution in [1.29, 1.82) is 0 Å². The van der Waals surface area contributed by atoms with Crippen LogP contribution in [0.4, 0.5) is 0 Å². The molecule has 2 fully saturated rings. The van der Waals surface area contributed by atoms with Crippen molar-refractivity contribution in [2.75, 3.05) is 32.8 Å². The van der Waals surface area contributed by atoms with Gasteiger partial charge >= 0.3 is 0 Å². The minimum atomic E-state index is 0.117. The van der Waals surface area contributed by atoms with Crippen LogP contribution in [0.3, 0.4) is 0 Å². The number of hydrogen-bond donors (Lipinski definition) is 2. The maximum atomic E-state index is 11.9. The summed E-state index contributed by atoms with van der Waals surface area (Å²) in [5, 5.41) is 6.40. The van der Waals surface area contributed by atoms with Gasteiger partial charge in [-0.05, 0) is 26.7 Å². The van der Waals surface area contributed by atoms with Crippen LogP contribution in [-0.4, -0.2) is 61.8 Å². The van der Waals surface area contributed by atoms with Crippen LogP contribution in [0.15, 0.2) is 0 Å². The second-order valence-corrected chi connectivity index (χ2v) is 5.53. The number of carbonyl (C=O) groups excluding carboxylic acids is 1. The molecule has 0 spiro atoms. The van der Waals surface area contributed by atoms with Crippen LogP contribution in [-0.2, 0) is 9.53 Å². The van der Waals surface area contributed by atoms with Gasteiger partial charge in [0.05, 0.1) is 12.6 Å². The van der Waals surface area contributed by atoms with Crippen molar-refractivity contribution >= 4 is 5.91 Å². The number of nitrogens with zero attached hydrogens (tertiary/aromatic N) is 1. The van der Waals surface area contributed by atoms with Gasteiger partial charge in [0.2, 0.25) is 5.91 Å². The maximum Gasteiger partial charge on any atom is 0.234 e. The normalized spacial score (nSPS) is 33.6. The average Bonchev–Trinajstić information content (AvgIpc) is 2.84. The van der Waals surface area contributed by atoms with Crippen molar-refractivity contribution in [3.63, 3.8) is 0 Å². The lowest BCUT2D eigenvalue weighted by molar-refractivity contribution is -0.123. The lowest BCUT2D eigenvalue weighted by atomic mass is 10.1. The van der Waals surface area contributed by atoms with Gasteiger partial charge in [-0.2, -0.15) is 0 Å². The van der Waals surface area contributed by atoms with E-state index in [9.17, 15) is 4.79 Å². The van der Waals surface area contributed by atoms with Crippen LogP contribution in [0, 0.1) is 0 Å². The highest BCUT2D eigenvalue weighted by molar-refractivity contribution is 5.78. The van der Waals surface area contributed by atoms with E-state index in [2.05, 4.69) is 29.4 Å². The molecule has 0 aromatic rings. The Balaban J connectivity index is 1.69. The SMILES string of the molecule is CC1CN(CC(=O)NCC2CCCO2)C(C)CN1. The Morgan fingerprint density at radius 3 is 3.06 bits per heavy atom. The molecule has 0 aliphatic carbocycles. The molecule has 0 radical (unpaired) electrons. The van der Waals surface area contributed by atoms with E-state index in [-0.39, 0.29) is 12.0 Å². The molecule has 2 rings (SSSR count). The van der Waals surface area contributed by atoms with Gasteiger partial charge in [0.25, 0.3) is 0 Å². The van der Waals surface area contributed by atoms with Crippen LogP contribution in [0.5, 0.6) is 0 Å². The lowest BCUT2D eigenvalue weighted by Gasteiger charge is -2.37. The molecule has 2 N–H and O–H groups in total. The number of amides is 1. The van der Waals surface area contributed by atoms with Crippen LogP contribution in [0.25, 0.3) is 0 Å². The lowest BCUT2D eigenvalue weighted by Crippen LogP contribution is -2.56. The predicted molar refractivity (Wildman–Crippen MR) is 70.5 cm³/mol. The number of rotatable bonds is 4. The molecule has 104 valence electrons. The summed E-state index contributed by atoms with van der Waals surface area (Å²) in [5.74, 6) is 0.117. The standard InChI is InChI=1S/C13H25N3O2/c1-10-8-16(11(2)6-14-10)9-13(17)15-7-12-4-3-5-18-12/h10-12,14H,3-9H2,1-2H3,(H,15,17). The van der Waals surface area contributed by atoms with E-state index in [1.807, 2.05) is 0 Å². The molecular weight excluding hydrogens is 230 g/mol. The van der Waals surface area contributed by atoms with E-state index >= 15 is 0 Å². The van der Waals surface area contributed by atoms with Gasteiger partial charge in [0.1, 0.15) is 0 Å². The van der Waals surface area contributed by atoms with Crippen LogP contribution < -0.4 is 10.6 Å². The number of carbonyl (C=O) groups is 1. The Labute approximate surface area is 109 Å². The van der Waals surface area contributed by atoms with Crippen molar-refractivity contribution in [2.45, 2.75) is 44.9 Å². The van der Waals surface area contributed by atoms with E-state index in [4.69, 9.17) is 4.74 Å². The molecular formula is C13H25N3O2. The Bertz CT molecular complexity index is 279. The summed E-state index contributed by atoms with van der Waals surface area (Å²) in [4.78, 5) is 14.1. The number of ether oxygens (including phenoxy) is 1. The highest BCUT2D eigenvalue weighted by atomic mass is 16.5. The first-order valence-corrected chi connectivity index (χ1v) is 7.01. The monoisotopic (exact) mass is 255 g/mol. The summed E-state index contributed by atoms with van der Waals surface area (Å²) in [7, 11) is 0. The van der Waals surface area contributed by atoms with E-state index < -0.39 is 0 Å². The van der Waals surface area contributed by atoms with Gasteiger partial charge in [-0.15, -0.1) is 0 Å². The molecule has 2 saturated heterocycles. The van der Waals surface area contributed by atoms with E-state index in [1.54, 1.807) is 0 Å². The first kappa shape index (κ1) is 13.8. The highest BCUT2D eigenvalue weighted by Crippen LogP contribution is 2.10. The fourth-order valence-corrected chi connectivity index (χ4v) is 2.59. The molecule has 18 heavy (non-hydrogen) atoms. The van der Waals surface area contributed by atoms with Crippen molar-refractivity contribution in [1.82, 2.24) is 15.5 Å². The van der Waals surface area contributed by atoms with E-state index in [1.165, 1.54) is 0 Å². The van der Waals surface area contributed by atoms with E-state index in [0.29, 0.717) is 25.2 Å². The molecule has 1 amide bonds. The van der Waals surface area contributed by atoms with Gasteiger partial charge in [-0.3, -0.25) is 9.69 Å². The largest absolute Gasteiger partial charge is 0.376 e. The summed E-state index contributed by atoms with van der Waals surface area (Å²) in [5.41, 5.74) is 0. The highest BCUT2D eigenvalue weighted by Gasteiger charge is 2.24. The summed E-state index contributed by atoms with van der Waals surface area (Å²) >= 11 is 0. The van der Waals surface area contributed by atoms with Crippen LogP contribution in [0.2, 0.25) is 0 Å². The number of hydrogen-bond acceptors (Lipinski definition) is 4. The number of piperazine rings is 1. The Hall–Kier alpha value is -0.650. The maximum absolute atomic E-state index is 11.9. The summed E-state index contributed by atoms with van der Waals surface area (Å²) < 4.78 is 5.49. The zero-order chi connectivity index (χ0) is 13.0. The third kappa shape index (κ3) is 3.93. The van der Waals surface area contributed by atoms with Crippen molar-refractivity contribution in [2.24, 2.45) is 0 Å². The molecule has 5 nitrogen and oxygen atoms in total. The molecule has 0 aromatic heterocycles. The number of nitrogens with one attached hydrogen (secondary N) is 2. The molecule has 0 aromatic carbocycles. The quantitative estimate of drug-likeness (QED) is 0.740. The zero-order valence-electron chi connectivity index (χ0n) is 11.4. The first-order chi connectivity index (χ1) is 8.65. The fraction of sp³-hybridized carbons (Fsp3) is 0.923. The Kier molecular flexibility index (Phi) is 4.97. The molecule has 0 saturated carbocycles. The minimum Gasteiger partial charge on any atom is -0.376 e. The molecule has 2 aliphatic heterocycles. The van der Waals surface area contributed by atoms with Crippen molar-refractivity contribution < 1.29 is 9.53 Å². The second kappa shape index (κ2) is 6.50. The van der Waals surface area contributed by atoms with Crippen LogP contribution >= 0.6 is 0 Å². The second-order valence-electron chi connectivity index (χ2n) is 5.53. The Morgan fingerprint density at radius 2 is 2.33 bits per heavy atom. The third-order valence-electron chi connectivity index (χ3n) is 3.79. The van der Waals surface area contributed by atoms with Crippen molar-refractivity contribution in [3.8, 4) is 0 Å².